The number of rotatable bonds is 9. The highest BCUT2D eigenvalue weighted by Gasteiger charge is 2.09. The summed E-state index contributed by atoms with van der Waals surface area (Å²) in [5, 5.41) is 3.44. The average Bonchev–Trinajstić information content (AvgIpc) is 2.75. The zero-order valence-electron chi connectivity index (χ0n) is 17.8. The molecule has 0 unspecified atom stereocenters. The van der Waals surface area contributed by atoms with Crippen molar-refractivity contribution in [2.24, 2.45) is 0 Å². The Hall–Kier alpha value is -3.15. The van der Waals surface area contributed by atoms with Gasteiger partial charge in [-0.2, -0.15) is 4.98 Å². The van der Waals surface area contributed by atoms with E-state index in [4.69, 9.17) is 4.98 Å². The Morgan fingerprint density at radius 1 is 0.966 bits per heavy atom. The topological polar surface area (TPSA) is 57.2 Å². The SMILES string of the molecule is CCN(CC)c1ccc(Nc2ccnc(N(C)CCc3ccncc3)n2)c(C)c1. The van der Waals surface area contributed by atoms with Gasteiger partial charge in [0.05, 0.1) is 0 Å². The van der Waals surface area contributed by atoms with Crippen molar-refractivity contribution in [2.75, 3.05) is 41.8 Å². The second-order valence-corrected chi connectivity index (χ2v) is 7.07. The van der Waals surface area contributed by atoms with Crippen LogP contribution < -0.4 is 15.1 Å². The van der Waals surface area contributed by atoms with Gasteiger partial charge in [-0.1, -0.05) is 0 Å². The first-order valence-electron chi connectivity index (χ1n) is 10.2. The molecule has 0 aliphatic rings. The molecule has 6 heteroatoms. The van der Waals surface area contributed by atoms with Crippen LogP contribution in [0.25, 0.3) is 0 Å². The number of nitrogens with one attached hydrogen (secondary N) is 1. The Labute approximate surface area is 173 Å². The van der Waals surface area contributed by atoms with E-state index in [0.29, 0.717) is 5.95 Å². The number of pyridine rings is 1. The molecule has 0 saturated heterocycles. The van der Waals surface area contributed by atoms with Gasteiger partial charge in [0.15, 0.2) is 0 Å². The molecule has 0 amide bonds. The normalized spacial score (nSPS) is 10.6. The smallest absolute Gasteiger partial charge is 0.227 e. The Kier molecular flexibility index (Phi) is 7.00. The second kappa shape index (κ2) is 9.87. The van der Waals surface area contributed by atoms with Crippen molar-refractivity contribution in [3.05, 3.63) is 66.1 Å². The van der Waals surface area contributed by atoms with Crippen LogP contribution in [0.5, 0.6) is 0 Å². The van der Waals surface area contributed by atoms with Gasteiger partial charge in [-0.05, 0) is 74.7 Å². The molecule has 0 radical (unpaired) electrons. The predicted octanol–water partition coefficient (Wildman–Crippen LogP) is 4.45. The van der Waals surface area contributed by atoms with E-state index in [9.17, 15) is 0 Å². The first kappa shape index (κ1) is 20.6. The highest BCUT2D eigenvalue weighted by Crippen LogP contribution is 2.25. The van der Waals surface area contributed by atoms with Crippen molar-refractivity contribution >= 4 is 23.1 Å². The number of aromatic nitrogens is 3. The van der Waals surface area contributed by atoms with E-state index >= 15 is 0 Å². The summed E-state index contributed by atoms with van der Waals surface area (Å²) < 4.78 is 0. The molecule has 0 bridgehead atoms. The monoisotopic (exact) mass is 390 g/mol. The van der Waals surface area contributed by atoms with Crippen molar-refractivity contribution in [1.82, 2.24) is 15.0 Å². The standard InChI is InChI=1S/C23H30N6/c1-5-29(6-2)20-7-8-21(18(3)17-20)26-22-11-15-25-23(27-22)28(4)16-12-19-9-13-24-14-10-19/h7-11,13-15,17H,5-6,12,16H2,1-4H3,(H,25,26,27). The van der Waals surface area contributed by atoms with Gasteiger partial charge >= 0.3 is 0 Å². The number of anilines is 4. The second-order valence-electron chi connectivity index (χ2n) is 7.07. The largest absolute Gasteiger partial charge is 0.372 e. The third kappa shape index (κ3) is 5.44. The van der Waals surface area contributed by atoms with Crippen LogP contribution in [0.1, 0.15) is 25.0 Å². The van der Waals surface area contributed by atoms with Gasteiger partial charge in [0.25, 0.3) is 0 Å². The van der Waals surface area contributed by atoms with Gasteiger partial charge in [0, 0.05) is 56.6 Å². The van der Waals surface area contributed by atoms with E-state index in [0.717, 1.165) is 37.6 Å². The van der Waals surface area contributed by atoms with Crippen LogP contribution in [0.15, 0.2) is 55.0 Å². The van der Waals surface area contributed by atoms with Crippen LogP contribution in [0.4, 0.5) is 23.1 Å². The Morgan fingerprint density at radius 2 is 1.72 bits per heavy atom. The maximum atomic E-state index is 4.69. The van der Waals surface area contributed by atoms with Crippen molar-refractivity contribution < 1.29 is 0 Å². The molecule has 0 aliphatic heterocycles. The first-order chi connectivity index (χ1) is 14.1. The first-order valence-corrected chi connectivity index (χ1v) is 10.2. The molecular weight excluding hydrogens is 360 g/mol. The fraction of sp³-hybridized carbons (Fsp3) is 0.348. The Morgan fingerprint density at radius 3 is 2.41 bits per heavy atom. The quantitative estimate of drug-likeness (QED) is 0.583. The highest BCUT2D eigenvalue weighted by atomic mass is 15.2. The molecule has 29 heavy (non-hydrogen) atoms. The molecule has 152 valence electrons. The molecule has 2 heterocycles. The van der Waals surface area contributed by atoms with E-state index < -0.39 is 0 Å². The lowest BCUT2D eigenvalue weighted by atomic mass is 10.1. The molecule has 0 spiro atoms. The van der Waals surface area contributed by atoms with Crippen LogP contribution in [0.2, 0.25) is 0 Å². The van der Waals surface area contributed by atoms with Crippen molar-refractivity contribution in [3.63, 3.8) is 0 Å². The van der Waals surface area contributed by atoms with Gasteiger partial charge in [-0.15, -0.1) is 0 Å². The molecule has 1 N–H and O–H groups in total. The van der Waals surface area contributed by atoms with Crippen LogP contribution in [0.3, 0.4) is 0 Å². The molecule has 3 aromatic rings. The van der Waals surface area contributed by atoms with E-state index in [-0.39, 0.29) is 0 Å². The predicted molar refractivity (Wildman–Crippen MR) is 121 cm³/mol. The molecule has 1 aromatic carbocycles. The molecule has 0 atom stereocenters. The molecular formula is C23H30N6. The van der Waals surface area contributed by atoms with E-state index in [1.54, 1.807) is 6.20 Å². The van der Waals surface area contributed by atoms with Crippen molar-refractivity contribution in [1.29, 1.82) is 0 Å². The molecule has 0 aliphatic carbocycles. The van der Waals surface area contributed by atoms with E-state index in [2.05, 4.69) is 64.1 Å². The zero-order valence-corrected chi connectivity index (χ0v) is 17.8. The van der Waals surface area contributed by atoms with Crippen molar-refractivity contribution in [3.8, 4) is 0 Å². The van der Waals surface area contributed by atoms with Crippen LogP contribution in [0, 0.1) is 6.92 Å². The lowest BCUT2D eigenvalue weighted by Crippen LogP contribution is -2.22. The van der Waals surface area contributed by atoms with E-state index in [1.807, 2.05) is 37.6 Å². The lowest BCUT2D eigenvalue weighted by molar-refractivity contribution is 0.837. The number of nitrogens with zero attached hydrogens (tertiary/aromatic N) is 5. The Balaban J connectivity index is 1.68. The summed E-state index contributed by atoms with van der Waals surface area (Å²) in [4.78, 5) is 17.6. The molecule has 3 rings (SSSR count). The van der Waals surface area contributed by atoms with Crippen LogP contribution in [-0.4, -0.2) is 41.6 Å². The summed E-state index contributed by atoms with van der Waals surface area (Å²) in [5.74, 6) is 1.51. The minimum absolute atomic E-state index is 0.710. The fourth-order valence-electron chi connectivity index (χ4n) is 3.26. The molecule has 0 saturated carbocycles. The van der Waals surface area contributed by atoms with Crippen molar-refractivity contribution in [2.45, 2.75) is 27.2 Å². The summed E-state index contributed by atoms with van der Waals surface area (Å²) in [6.45, 7) is 9.33. The summed E-state index contributed by atoms with van der Waals surface area (Å²) in [6.07, 6.45) is 6.37. The number of hydrogen-bond acceptors (Lipinski definition) is 6. The average molecular weight is 391 g/mol. The van der Waals surface area contributed by atoms with Gasteiger partial charge in [-0.3, -0.25) is 4.98 Å². The van der Waals surface area contributed by atoms with E-state index in [1.165, 1.54) is 16.8 Å². The number of benzene rings is 1. The third-order valence-corrected chi connectivity index (χ3v) is 5.07. The molecule has 2 aromatic heterocycles. The summed E-state index contributed by atoms with van der Waals surface area (Å²) in [5.41, 5.74) is 4.76. The number of hydrogen-bond donors (Lipinski definition) is 1. The van der Waals surface area contributed by atoms with Gasteiger partial charge < -0.3 is 15.1 Å². The zero-order chi connectivity index (χ0) is 20.6. The number of likely N-dealkylation sites (N-methyl/N-ethyl adjacent to an activating group) is 1. The van der Waals surface area contributed by atoms with Gasteiger partial charge in [0.1, 0.15) is 5.82 Å². The summed E-state index contributed by atoms with van der Waals surface area (Å²) in [6, 6.07) is 12.5. The third-order valence-electron chi connectivity index (χ3n) is 5.07. The summed E-state index contributed by atoms with van der Waals surface area (Å²) in [7, 11) is 2.02. The Bertz CT molecular complexity index is 908. The molecule has 0 fully saturated rings. The molecule has 6 nitrogen and oxygen atoms in total. The van der Waals surface area contributed by atoms with Gasteiger partial charge in [0.2, 0.25) is 5.95 Å². The minimum Gasteiger partial charge on any atom is -0.372 e. The minimum atomic E-state index is 0.710. The van der Waals surface area contributed by atoms with Gasteiger partial charge in [-0.25, -0.2) is 4.98 Å². The maximum Gasteiger partial charge on any atom is 0.227 e. The maximum absolute atomic E-state index is 4.69. The van der Waals surface area contributed by atoms with Crippen LogP contribution >= 0.6 is 0 Å². The summed E-state index contributed by atoms with van der Waals surface area (Å²) >= 11 is 0. The van der Waals surface area contributed by atoms with Crippen LogP contribution in [-0.2, 0) is 6.42 Å². The highest BCUT2D eigenvalue weighted by molar-refractivity contribution is 5.65. The number of aryl methyl sites for hydroxylation is 1. The fourth-order valence-corrected chi connectivity index (χ4v) is 3.26. The lowest BCUT2D eigenvalue weighted by Gasteiger charge is -2.22.